The third-order valence-corrected chi connectivity index (χ3v) is 9.00. The number of aryl methyl sites for hydroxylation is 2. The summed E-state index contributed by atoms with van der Waals surface area (Å²) in [6, 6.07) is 33.0. The van der Waals surface area contributed by atoms with E-state index in [1.165, 1.54) is 11.6 Å². The van der Waals surface area contributed by atoms with E-state index in [1.807, 2.05) is 60.7 Å². The lowest BCUT2D eigenvalue weighted by Gasteiger charge is -2.39. The van der Waals surface area contributed by atoms with Crippen LogP contribution in [0.5, 0.6) is 11.5 Å². The van der Waals surface area contributed by atoms with Crippen LogP contribution in [0.3, 0.4) is 0 Å². The molecule has 0 aromatic heterocycles. The molecule has 52 heavy (non-hydrogen) atoms. The lowest BCUT2D eigenvalue weighted by atomic mass is 9.95. The Kier molecular flexibility index (Phi) is 11.6. The average Bonchev–Trinajstić information content (AvgIpc) is 3.16. The Morgan fingerprint density at radius 2 is 1.46 bits per heavy atom. The predicted octanol–water partition coefficient (Wildman–Crippen LogP) is 10.6. The van der Waals surface area contributed by atoms with E-state index in [9.17, 15) is 9.59 Å². The molecule has 0 radical (unpaired) electrons. The number of esters is 2. The van der Waals surface area contributed by atoms with Gasteiger partial charge in [0.25, 0.3) is 0 Å². The van der Waals surface area contributed by atoms with Crippen LogP contribution in [0.1, 0.15) is 60.5 Å². The number of anilines is 2. The molecular formula is C43H44N4O5. The lowest BCUT2D eigenvalue weighted by molar-refractivity contribution is -0.137. The van der Waals surface area contributed by atoms with Gasteiger partial charge in [-0.05, 0) is 125 Å². The fourth-order valence-electron chi connectivity index (χ4n) is 6.11. The van der Waals surface area contributed by atoms with Gasteiger partial charge in [-0.1, -0.05) is 48.5 Å². The number of unbranched alkanes of at least 4 members (excludes halogenated alkanes) is 3. The predicted molar refractivity (Wildman–Crippen MR) is 206 cm³/mol. The highest BCUT2D eigenvalue weighted by Crippen LogP contribution is 2.43. The van der Waals surface area contributed by atoms with Gasteiger partial charge in [-0.2, -0.15) is 5.11 Å². The number of hydrogen-bond donors (Lipinski definition) is 2. The third kappa shape index (κ3) is 9.42. The average molecular weight is 697 g/mol. The number of hydrogen-bond acceptors (Lipinski definition) is 9. The standard InChI is InChI=1S/C43H44N4O5/c1-4-40(48)51-29-8-6-5-7-28-50-34-22-16-32(17-23-34)42(49)52-35-20-14-31(15-21-35)26-27-43(3)44-38-11-9-10-36-37(24-25-39(45-43)41(36)38)47-46-33-18-12-30(2)13-19-33/h4,9-25,44-45H,1,5-8,26-29H2,2-3H3/b47-46+. The molecule has 0 fully saturated rings. The van der Waals surface area contributed by atoms with Gasteiger partial charge >= 0.3 is 11.9 Å². The van der Waals surface area contributed by atoms with Crippen LogP contribution in [0.2, 0.25) is 0 Å². The number of benzene rings is 5. The first-order valence-electron chi connectivity index (χ1n) is 17.7. The maximum Gasteiger partial charge on any atom is 0.343 e. The Morgan fingerprint density at radius 1 is 0.769 bits per heavy atom. The molecule has 5 aromatic carbocycles. The monoisotopic (exact) mass is 696 g/mol. The van der Waals surface area contributed by atoms with Crippen LogP contribution in [0.15, 0.2) is 126 Å². The number of carbonyl (C=O) groups excluding carboxylic acids is 2. The van der Waals surface area contributed by atoms with Crippen LogP contribution in [0.25, 0.3) is 10.8 Å². The van der Waals surface area contributed by atoms with Crippen molar-refractivity contribution >= 4 is 45.5 Å². The van der Waals surface area contributed by atoms with Gasteiger partial charge in [0.15, 0.2) is 0 Å². The zero-order valence-corrected chi connectivity index (χ0v) is 29.7. The molecule has 0 spiro atoms. The number of rotatable bonds is 16. The van der Waals surface area contributed by atoms with Crippen LogP contribution in [0.4, 0.5) is 22.7 Å². The minimum Gasteiger partial charge on any atom is -0.494 e. The van der Waals surface area contributed by atoms with E-state index in [4.69, 9.17) is 14.2 Å². The number of azo groups is 1. The van der Waals surface area contributed by atoms with Gasteiger partial charge in [-0.25, -0.2) is 9.59 Å². The quantitative estimate of drug-likeness (QED) is 0.0347. The zero-order chi connectivity index (χ0) is 36.3. The molecule has 2 N–H and O–H groups in total. The van der Waals surface area contributed by atoms with Gasteiger partial charge in [0.1, 0.15) is 17.2 Å². The van der Waals surface area contributed by atoms with Crippen LogP contribution in [0, 0.1) is 6.92 Å². The smallest absolute Gasteiger partial charge is 0.343 e. The van der Waals surface area contributed by atoms with Crippen molar-refractivity contribution in [3.05, 3.63) is 132 Å². The fourth-order valence-corrected chi connectivity index (χ4v) is 6.11. The second-order valence-electron chi connectivity index (χ2n) is 13.2. The molecule has 0 bridgehead atoms. The maximum absolute atomic E-state index is 12.8. The Balaban J connectivity index is 0.966. The van der Waals surface area contributed by atoms with Crippen LogP contribution < -0.4 is 20.1 Å². The van der Waals surface area contributed by atoms with Crippen molar-refractivity contribution in [1.82, 2.24) is 0 Å². The summed E-state index contributed by atoms with van der Waals surface area (Å²) in [5.74, 6) is 0.374. The molecule has 1 heterocycles. The van der Waals surface area contributed by atoms with E-state index in [2.05, 4.69) is 59.5 Å². The van der Waals surface area contributed by atoms with Gasteiger partial charge in [0.2, 0.25) is 0 Å². The molecule has 1 atom stereocenters. The van der Waals surface area contributed by atoms with E-state index < -0.39 is 5.97 Å². The Hall–Kier alpha value is -5.96. The summed E-state index contributed by atoms with van der Waals surface area (Å²) in [7, 11) is 0. The highest BCUT2D eigenvalue weighted by molar-refractivity contribution is 6.09. The van der Waals surface area contributed by atoms with Crippen molar-refractivity contribution in [1.29, 1.82) is 0 Å². The van der Waals surface area contributed by atoms with Crippen molar-refractivity contribution < 1.29 is 23.8 Å². The van der Waals surface area contributed by atoms with E-state index in [1.54, 1.807) is 24.3 Å². The third-order valence-electron chi connectivity index (χ3n) is 9.00. The van der Waals surface area contributed by atoms with Gasteiger partial charge in [0.05, 0.1) is 30.2 Å². The number of ether oxygens (including phenoxy) is 3. The molecule has 9 nitrogen and oxygen atoms in total. The first kappa shape index (κ1) is 35.9. The summed E-state index contributed by atoms with van der Waals surface area (Å²) >= 11 is 0. The minimum absolute atomic E-state index is 0.378. The Labute approximate surface area is 304 Å². The second kappa shape index (κ2) is 16.8. The number of carbonyl (C=O) groups is 2. The molecule has 5 aromatic rings. The number of nitrogens with one attached hydrogen (secondary N) is 2. The largest absolute Gasteiger partial charge is 0.494 e. The summed E-state index contributed by atoms with van der Waals surface area (Å²) in [5, 5.41) is 18.6. The zero-order valence-electron chi connectivity index (χ0n) is 29.7. The van der Waals surface area contributed by atoms with Gasteiger partial charge in [0, 0.05) is 28.2 Å². The van der Waals surface area contributed by atoms with Crippen LogP contribution in [-0.2, 0) is 16.0 Å². The Bertz CT molecular complexity index is 2030. The van der Waals surface area contributed by atoms with E-state index in [0.717, 1.165) is 77.6 Å². The summed E-state index contributed by atoms with van der Waals surface area (Å²) in [6.07, 6.45) is 6.42. The second-order valence-corrected chi connectivity index (χ2v) is 13.2. The molecule has 0 saturated carbocycles. The van der Waals surface area contributed by atoms with Crippen molar-refractivity contribution in [3.63, 3.8) is 0 Å². The summed E-state index contributed by atoms with van der Waals surface area (Å²) in [6.45, 7) is 8.58. The van der Waals surface area contributed by atoms with Crippen molar-refractivity contribution in [2.24, 2.45) is 10.2 Å². The van der Waals surface area contributed by atoms with Crippen LogP contribution in [-0.4, -0.2) is 30.8 Å². The first-order chi connectivity index (χ1) is 25.3. The molecular weight excluding hydrogens is 652 g/mol. The van der Waals surface area contributed by atoms with Gasteiger partial charge < -0.3 is 24.8 Å². The first-order valence-corrected chi connectivity index (χ1v) is 17.7. The Morgan fingerprint density at radius 3 is 2.19 bits per heavy atom. The molecule has 266 valence electrons. The van der Waals surface area contributed by atoms with Crippen molar-refractivity contribution in [3.8, 4) is 11.5 Å². The van der Waals surface area contributed by atoms with Gasteiger partial charge in [-0.15, -0.1) is 5.11 Å². The van der Waals surface area contributed by atoms with Crippen molar-refractivity contribution in [2.75, 3.05) is 23.8 Å². The maximum atomic E-state index is 12.8. The summed E-state index contributed by atoms with van der Waals surface area (Å²) in [4.78, 5) is 23.9. The molecule has 9 heteroatoms. The summed E-state index contributed by atoms with van der Waals surface area (Å²) in [5.41, 5.74) is 6.15. The number of nitrogens with zero attached hydrogens (tertiary/aromatic N) is 2. The van der Waals surface area contributed by atoms with E-state index in [0.29, 0.717) is 30.3 Å². The highest BCUT2D eigenvalue weighted by atomic mass is 16.5. The SMILES string of the molecule is C=CC(=O)OCCCCCCOc1ccc(C(=O)Oc2ccc(CCC3(C)Nc4cccc5c(/N=N/c6ccc(C)cc6)ccc(c45)N3)cc2)cc1. The molecule has 1 aliphatic heterocycles. The molecule has 0 aliphatic carbocycles. The molecule has 0 saturated heterocycles. The normalized spacial score (nSPS) is 14.7. The van der Waals surface area contributed by atoms with Crippen molar-refractivity contribution in [2.45, 2.75) is 58.0 Å². The molecule has 0 amide bonds. The van der Waals surface area contributed by atoms with E-state index >= 15 is 0 Å². The fraction of sp³-hybridized carbons (Fsp3) is 0.256. The van der Waals surface area contributed by atoms with Gasteiger partial charge in [-0.3, -0.25) is 0 Å². The highest BCUT2D eigenvalue weighted by Gasteiger charge is 2.30. The van der Waals surface area contributed by atoms with Crippen LogP contribution >= 0.6 is 0 Å². The minimum atomic E-state index is -0.424. The molecule has 6 rings (SSSR count). The lowest BCUT2D eigenvalue weighted by Crippen LogP contribution is -2.45. The molecule has 1 unspecified atom stereocenters. The summed E-state index contributed by atoms with van der Waals surface area (Å²) < 4.78 is 16.4. The topological polar surface area (TPSA) is 111 Å². The molecule has 1 aliphatic rings. The van der Waals surface area contributed by atoms with E-state index in [-0.39, 0.29) is 11.6 Å².